The van der Waals surface area contributed by atoms with Crippen molar-refractivity contribution in [2.75, 3.05) is 24.2 Å². The van der Waals surface area contributed by atoms with E-state index in [4.69, 9.17) is 5.73 Å². The van der Waals surface area contributed by atoms with E-state index in [0.717, 1.165) is 30.0 Å². The lowest BCUT2D eigenvalue weighted by molar-refractivity contribution is 0.864. The highest BCUT2D eigenvalue weighted by atomic mass is 32.1. The van der Waals surface area contributed by atoms with Crippen LogP contribution in [0.3, 0.4) is 0 Å². The number of thiophene rings is 1. The fraction of sp³-hybridized carbons (Fsp3) is 0.308. The van der Waals surface area contributed by atoms with Crippen LogP contribution in [0.25, 0.3) is 0 Å². The van der Waals surface area contributed by atoms with Crippen LogP contribution in [0.5, 0.6) is 0 Å². The molecule has 2 N–H and O–H groups in total. The van der Waals surface area contributed by atoms with Crippen LogP contribution in [-0.2, 0) is 6.42 Å². The molecule has 90 valence electrons. The lowest BCUT2D eigenvalue weighted by atomic mass is 10.2. The number of hydrogen-bond donors (Lipinski definition) is 1. The first-order chi connectivity index (χ1) is 8.16. The Morgan fingerprint density at radius 2 is 2.29 bits per heavy atom. The molecule has 17 heavy (non-hydrogen) atoms. The molecule has 0 unspecified atom stereocenters. The van der Waals surface area contributed by atoms with Crippen LogP contribution >= 0.6 is 11.3 Å². The minimum atomic E-state index is 0.720. The topological polar surface area (TPSA) is 42.1 Å². The average Bonchev–Trinajstić information content (AvgIpc) is 2.78. The minimum Gasteiger partial charge on any atom is -0.397 e. The summed E-state index contributed by atoms with van der Waals surface area (Å²) in [7, 11) is 2.07. The molecular weight excluding hydrogens is 230 g/mol. The molecule has 0 spiro atoms. The molecule has 0 saturated heterocycles. The fourth-order valence-corrected chi connectivity index (χ4v) is 2.53. The number of aromatic nitrogens is 1. The van der Waals surface area contributed by atoms with Gasteiger partial charge in [-0.15, -0.1) is 11.3 Å². The zero-order valence-electron chi connectivity index (χ0n) is 10.2. The molecule has 2 aromatic rings. The number of hydrogen-bond acceptors (Lipinski definition) is 4. The number of nitrogen functional groups attached to an aromatic ring is 1. The molecule has 0 bridgehead atoms. The number of pyridine rings is 1. The zero-order chi connectivity index (χ0) is 12.3. The van der Waals surface area contributed by atoms with Gasteiger partial charge in [0, 0.05) is 18.5 Å². The Labute approximate surface area is 106 Å². The molecule has 0 radical (unpaired) electrons. The number of anilines is 2. The molecule has 2 aromatic heterocycles. The maximum absolute atomic E-state index is 5.70. The Morgan fingerprint density at radius 1 is 1.47 bits per heavy atom. The standard InChI is InChI=1S/C13H17N3S/c1-10-8-11(14)9-15-13(10)16(2)6-5-12-4-3-7-17-12/h3-4,7-9H,5-6,14H2,1-2H3. The van der Waals surface area contributed by atoms with Crippen molar-refractivity contribution >= 4 is 22.8 Å². The summed E-state index contributed by atoms with van der Waals surface area (Å²) >= 11 is 1.80. The highest BCUT2D eigenvalue weighted by Crippen LogP contribution is 2.18. The molecule has 0 fully saturated rings. The van der Waals surface area contributed by atoms with Crippen molar-refractivity contribution < 1.29 is 0 Å². The minimum absolute atomic E-state index is 0.720. The summed E-state index contributed by atoms with van der Waals surface area (Å²) in [5.74, 6) is 1.01. The van der Waals surface area contributed by atoms with Crippen molar-refractivity contribution in [3.63, 3.8) is 0 Å². The Hall–Kier alpha value is -1.55. The number of nitrogens with two attached hydrogens (primary N) is 1. The quantitative estimate of drug-likeness (QED) is 0.903. The van der Waals surface area contributed by atoms with Gasteiger partial charge in [0.15, 0.2) is 0 Å². The summed E-state index contributed by atoms with van der Waals surface area (Å²) in [5, 5.41) is 2.11. The van der Waals surface area contributed by atoms with Crippen molar-refractivity contribution in [3.8, 4) is 0 Å². The molecule has 0 aliphatic rings. The second-order valence-electron chi connectivity index (χ2n) is 4.16. The van der Waals surface area contributed by atoms with Crippen LogP contribution in [0.4, 0.5) is 11.5 Å². The largest absolute Gasteiger partial charge is 0.397 e. The monoisotopic (exact) mass is 247 g/mol. The molecule has 0 amide bonds. The van der Waals surface area contributed by atoms with Gasteiger partial charge in [-0.2, -0.15) is 0 Å². The Kier molecular flexibility index (Phi) is 3.64. The highest BCUT2D eigenvalue weighted by molar-refractivity contribution is 7.09. The van der Waals surface area contributed by atoms with E-state index in [-0.39, 0.29) is 0 Å². The van der Waals surface area contributed by atoms with Gasteiger partial charge < -0.3 is 10.6 Å². The molecule has 0 saturated carbocycles. The van der Waals surface area contributed by atoms with Gasteiger partial charge in [0.1, 0.15) is 5.82 Å². The van der Waals surface area contributed by atoms with Gasteiger partial charge in [0.05, 0.1) is 11.9 Å². The molecule has 2 rings (SSSR count). The predicted octanol–water partition coefficient (Wildman–Crippen LogP) is 2.71. The number of aryl methyl sites for hydroxylation is 1. The predicted molar refractivity (Wildman–Crippen MR) is 74.7 cm³/mol. The van der Waals surface area contributed by atoms with Gasteiger partial charge in [0.25, 0.3) is 0 Å². The lowest BCUT2D eigenvalue weighted by Crippen LogP contribution is -2.22. The van der Waals surface area contributed by atoms with E-state index in [9.17, 15) is 0 Å². The third kappa shape index (κ3) is 2.97. The lowest BCUT2D eigenvalue weighted by Gasteiger charge is -2.19. The summed E-state index contributed by atoms with van der Waals surface area (Å²) in [4.78, 5) is 7.96. The summed E-state index contributed by atoms with van der Waals surface area (Å²) in [5.41, 5.74) is 7.54. The van der Waals surface area contributed by atoms with Crippen molar-refractivity contribution in [2.45, 2.75) is 13.3 Å². The van der Waals surface area contributed by atoms with E-state index in [1.807, 2.05) is 13.0 Å². The molecule has 3 nitrogen and oxygen atoms in total. The van der Waals surface area contributed by atoms with Crippen molar-refractivity contribution in [1.82, 2.24) is 4.98 Å². The SMILES string of the molecule is Cc1cc(N)cnc1N(C)CCc1cccs1. The van der Waals surface area contributed by atoms with Crippen LogP contribution in [-0.4, -0.2) is 18.6 Å². The summed E-state index contributed by atoms with van der Waals surface area (Å²) < 4.78 is 0. The molecule has 0 aliphatic carbocycles. The van der Waals surface area contributed by atoms with Crippen molar-refractivity contribution in [3.05, 3.63) is 40.2 Å². The van der Waals surface area contributed by atoms with E-state index in [1.54, 1.807) is 17.5 Å². The zero-order valence-corrected chi connectivity index (χ0v) is 11.0. The van der Waals surface area contributed by atoms with Crippen LogP contribution in [0.1, 0.15) is 10.4 Å². The normalized spacial score (nSPS) is 10.5. The van der Waals surface area contributed by atoms with E-state index in [2.05, 4.69) is 34.4 Å². The van der Waals surface area contributed by atoms with Gasteiger partial charge in [-0.25, -0.2) is 4.98 Å². The second kappa shape index (κ2) is 5.19. The summed E-state index contributed by atoms with van der Waals surface area (Å²) in [6.07, 6.45) is 2.77. The van der Waals surface area contributed by atoms with Crippen LogP contribution < -0.4 is 10.6 Å². The molecule has 0 aliphatic heterocycles. The van der Waals surface area contributed by atoms with Gasteiger partial charge in [-0.1, -0.05) is 6.07 Å². The summed E-state index contributed by atoms with van der Waals surface area (Å²) in [6, 6.07) is 6.22. The third-order valence-electron chi connectivity index (χ3n) is 2.71. The molecule has 2 heterocycles. The summed E-state index contributed by atoms with van der Waals surface area (Å²) in [6.45, 7) is 3.01. The first-order valence-electron chi connectivity index (χ1n) is 5.62. The van der Waals surface area contributed by atoms with Gasteiger partial charge in [-0.05, 0) is 36.4 Å². The van der Waals surface area contributed by atoms with Gasteiger partial charge in [0.2, 0.25) is 0 Å². The van der Waals surface area contributed by atoms with E-state index in [0.29, 0.717) is 0 Å². The first kappa shape index (κ1) is 11.9. The average molecular weight is 247 g/mol. The number of rotatable bonds is 4. The Morgan fingerprint density at radius 3 is 2.94 bits per heavy atom. The number of nitrogens with zero attached hydrogens (tertiary/aromatic N) is 2. The smallest absolute Gasteiger partial charge is 0.131 e. The van der Waals surface area contributed by atoms with Crippen molar-refractivity contribution in [1.29, 1.82) is 0 Å². The van der Waals surface area contributed by atoms with E-state index >= 15 is 0 Å². The number of likely N-dealkylation sites (N-methyl/N-ethyl adjacent to an activating group) is 1. The van der Waals surface area contributed by atoms with Crippen LogP contribution in [0.2, 0.25) is 0 Å². The second-order valence-corrected chi connectivity index (χ2v) is 5.19. The fourth-order valence-electron chi connectivity index (χ4n) is 1.83. The maximum Gasteiger partial charge on any atom is 0.131 e. The highest BCUT2D eigenvalue weighted by Gasteiger charge is 2.06. The Balaban J connectivity index is 2.01. The van der Waals surface area contributed by atoms with Crippen LogP contribution in [0.15, 0.2) is 29.8 Å². The van der Waals surface area contributed by atoms with Gasteiger partial charge >= 0.3 is 0 Å². The third-order valence-corrected chi connectivity index (χ3v) is 3.64. The molecule has 0 atom stereocenters. The van der Waals surface area contributed by atoms with Crippen LogP contribution in [0, 0.1) is 6.92 Å². The van der Waals surface area contributed by atoms with Gasteiger partial charge in [-0.3, -0.25) is 0 Å². The van der Waals surface area contributed by atoms with E-state index < -0.39 is 0 Å². The maximum atomic E-state index is 5.70. The molecule has 4 heteroatoms. The molecular formula is C13H17N3S. The first-order valence-corrected chi connectivity index (χ1v) is 6.50. The van der Waals surface area contributed by atoms with E-state index in [1.165, 1.54) is 4.88 Å². The Bertz CT molecular complexity index is 479. The van der Waals surface area contributed by atoms with Crippen molar-refractivity contribution in [2.24, 2.45) is 0 Å². The molecule has 0 aromatic carbocycles.